The standard InChI is InChI=1S/C34H47NO7/c1-5-41-32(38)35(18-8-19-40-4)23-34(39)17-15-29-27-14-12-25(22-28(27)31(37)30-10-7-20-42-30)21-26(36)13-11-24(2)9-6-16-33(29,34)3/h7,9-10,12,14,20,22,26,29,36,39H,5-6,8,11,13,15-19,21,23H2,1-4H3/t26-,29-,33-,34+/m0/s1. The van der Waals surface area contributed by atoms with Crippen LogP contribution in [0.1, 0.15) is 98.9 Å². The number of carbonyl (C=O) groups excluding carboxylic acids is 2. The first-order valence-electron chi connectivity index (χ1n) is 15.3. The van der Waals surface area contributed by atoms with Crippen molar-refractivity contribution < 1.29 is 33.7 Å². The van der Waals surface area contributed by atoms with Gasteiger partial charge in [0, 0.05) is 31.2 Å². The van der Waals surface area contributed by atoms with Gasteiger partial charge in [0.1, 0.15) is 0 Å². The molecule has 230 valence electrons. The van der Waals surface area contributed by atoms with Crippen molar-refractivity contribution in [2.45, 2.75) is 89.8 Å². The number of carbonyl (C=O) groups is 2. The fraction of sp³-hybridized carbons (Fsp3) is 0.588. The molecular formula is C34H47NO7. The number of fused-ring (bicyclic) bond motifs is 8. The highest BCUT2D eigenvalue weighted by Gasteiger charge is 2.57. The summed E-state index contributed by atoms with van der Waals surface area (Å²) in [6, 6.07) is 9.26. The molecule has 2 aromatic rings. The quantitative estimate of drug-likeness (QED) is 0.211. The predicted molar refractivity (Wildman–Crippen MR) is 161 cm³/mol. The maximum absolute atomic E-state index is 13.8. The third-order valence-corrected chi connectivity index (χ3v) is 9.42. The number of furan rings is 1. The molecule has 1 heterocycles. The summed E-state index contributed by atoms with van der Waals surface area (Å²) in [6.45, 7) is 7.27. The number of hydrogen-bond acceptors (Lipinski definition) is 7. The Morgan fingerprint density at radius 2 is 2.00 bits per heavy atom. The Bertz CT molecular complexity index is 1240. The number of hydrogen-bond donors (Lipinski definition) is 2. The van der Waals surface area contributed by atoms with Crippen LogP contribution >= 0.6 is 0 Å². The van der Waals surface area contributed by atoms with Crippen LogP contribution < -0.4 is 0 Å². The Morgan fingerprint density at radius 1 is 1.19 bits per heavy atom. The first-order valence-corrected chi connectivity index (χ1v) is 15.3. The van der Waals surface area contributed by atoms with E-state index in [9.17, 15) is 19.8 Å². The lowest BCUT2D eigenvalue weighted by molar-refractivity contribution is -0.0814. The van der Waals surface area contributed by atoms with Gasteiger partial charge in [-0.3, -0.25) is 4.79 Å². The molecule has 3 aliphatic rings. The van der Waals surface area contributed by atoms with Crippen molar-refractivity contribution in [1.82, 2.24) is 4.90 Å². The van der Waals surface area contributed by atoms with E-state index in [0.717, 1.165) is 24.0 Å². The summed E-state index contributed by atoms with van der Waals surface area (Å²) in [6.07, 6.45) is 7.77. The Balaban J connectivity index is 1.79. The molecule has 1 aromatic heterocycles. The van der Waals surface area contributed by atoms with Crippen LogP contribution in [0.4, 0.5) is 4.79 Å². The SMILES string of the molecule is CCOC(=O)N(CCCOC)C[C@]1(O)CC[C@H]2c3ccc(cc3C(=O)c3ccco3)C[C@@H](O)CCC(C)=CCC[C@@]21C. The van der Waals surface area contributed by atoms with E-state index in [2.05, 4.69) is 19.9 Å². The van der Waals surface area contributed by atoms with Crippen molar-refractivity contribution >= 4 is 11.9 Å². The molecule has 0 radical (unpaired) electrons. The molecule has 0 spiro atoms. The second-order valence-corrected chi connectivity index (χ2v) is 12.2. The van der Waals surface area contributed by atoms with Crippen molar-refractivity contribution in [3.8, 4) is 0 Å². The number of allylic oxidation sites excluding steroid dienone is 2. The number of rotatable bonds is 9. The average Bonchev–Trinajstić information content (AvgIpc) is 3.58. The van der Waals surface area contributed by atoms with Gasteiger partial charge in [0.05, 0.1) is 31.1 Å². The van der Waals surface area contributed by atoms with E-state index in [1.807, 2.05) is 18.2 Å². The van der Waals surface area contributed by atoms with Crippen LogP contribution in [0.3, 0.4) is 0 Å². The number of benzene rings is 1. The molecule has 0 unspecified atom stereocenters. The molecule has 4 atom stereocenters. The summed E-state index contributed by atoms with van der Waals surface area (Å²) < 4.78 is 16.1. The van der Waals surface area contributed by atoms with E-state index < -0.39 is 23.2 Å². The van der Waals surface area contributed by atoms with Crippen LogP contribution in [-0.2, 0) is 15.9 Å². The van der Waals surface area contributed by atoms with E-state index in [1.54, 1.807) is 31.1 Å². The molecule has 8 nitrogen and oxygen atoms in total. The van der Waals surface area contributed by atoms with Crippen molar-refractivity contribution in [3.05, 3.63) is 70.7 Å². The van der Waals surface area contributed by atoms with Crippen LogP contribution in [0.2, 0.25) is 0 Å². The highest BCUT2D eigenvalue weighted by Crippen LogP contribution is 2.59. The minimum Gasteiger partial charge on any atom is -0.461 e. The monoisotopic (exact) mass is 581 g/mol. The molecule has 0 aliphatic heterocycles. The van der Waals surface area contributed by atoms with Crippen LogP contribution in [0, 0.1) is 5.41 Å². The minimum atomic E-state index is -1.21. The van der Waals surface area contributed by atoms with Gasteiger partial charge in [-0.15, -0.1) is 0 Å². The van der Waals surface area contributed by atoms with E-state index in [0.29, 0.717) is 57.2 Å². The maximum atomic E-state index is 13.8. The van der Waals surface area contributed by atoms with Gasteiger partial charge < -0.3 is 29.0 Å². The van der Waals surface area contributed by atoms with Crippen molar-refractivity contribution in [3.63, 3.8) is 0 Å². The Hall–Kier alpha value is -2.94. The van der Waals surface area contributed by atoms with Crippen LogP contribution in [0.25, 0.3) is 0 Å². The van der Waals surface area contributed by atoms with E-state index in [4.69, 9.17) is 13.9 Å². The van der Waals surface area contributed by atoms with Gasteiger partial charge in [-0.25, -0.2) is 4.79 Å². The highest BCUT2D eigenvalue weighted by atomic mass is 16.6. The third kappa shape index (κ3) is 6.99. The van der Waals surface area contributed by atoms with E-state index >= 15 is 0 Å². The summed E-state index contributed by atoms with van der Waals surface area (Å²) in [4.78, 5) is 28.4. The van der Waals surface area contributed by atoms with Crippen LogP contribution in [0.5, 0.6) is 0 Å². The van der Waals surface area contributed by atoms with Crippen molar-refractivity contribution in [2.75, 3.05) is 33.4 Å². The zero-order chi connectivity index (χ0) is 30.3. The van der Waals surface area contributed by atoms with Crippen LogP contribution in [0.15, 0.2) is 52.7 Å². The molecule has 8 heteroatoms. The summed E-state index contributed by atoms with van der Waals surface area (Å²) in [5.74, 6) is -0.0926. The molecule has 1 fully saturated rings. The van der Waals surface area contributed by atoms with Crippen molar-refractivity contribution in [2.24, 2.45) is 5.41 Å². The molecule has 1 aromatic carbocycles. The number of aliphatic hydroxyl groups excluding tert-OH is 1. The number of nitrogens with zero attached hydrogens (tertiary/aromatic N) is 1. The van der Waals surface area contributed by atoms with Gasteiger partial charge in [0.25, 0.3) is 0 Å². The van der Waals surface area contributed by atoms with E-state index in [-0.39, 0.29) is 30.6 Å². The zero-order valence-electron chi connectivity index (χ0n) is 25.6. The summed E-state index contributed by atoms with van der Waals surface area (Å²) >= 11 is 0. The summed E-state index contributed by atoms with van der Waals surface area (Å²) in [7, 11) is 1.63. The van der Waals surface area contributed by atoms with Crippen molar-refractivity contribution in [1.29, 1.82) is 0 Å². The molecule has 0 saturated heterocycles. The lowest BCUT2D eigenvalue weighted by atomic mass is 9.64. The number of ether oxygens (including phenoxy) is 2. The van der Waals surface area contributed by atoms with E-state index in [1.165, 1.54) is 11.8 Å². The normalized spacial score (nSPS) is 26.3. The van der Waals surface area contributed by atoms with Gasteiger partial charge in [-0.1, -0.05) is 30.7 Å². The Labute approximate surface area is 249 Å². The lowest BCUT2D eigenvalue weighted by Gasteiger charge is -2.46. The number of methoxy groups -OCH3 is 1. The fourth-order valence-electron chi connectivity index (χ4n) is 6.90. The molecule has 42 heavy (non-hydrogen) atoms. The number of amides is 1. The predicted octanol–water partition coefficient (Wildman–Crippen LogP) is 6.04. The van der Waals surface area contributed by atoms with Gasteiger partial charge in [0.15, 0.2) is 5.76 Å². The first kappa shape index (κ1) is 32.0. The maximum Gasteiger partial charge on any atom is 0.409 e. The Kier molecular flexibility index (Phi) is 10.7. The largest absolute Gasteiger partial charge is 0.461 e. The second kappa shape index (κ2) is 14.0. The van der Waals surface area contributed by atoms with Gasteiger partial charge >= 0.3 is 6.09 Å². The van der Waals surface area contributed by atoms with Crippen LogP contribution in [-0.4, -0.2) is 72.1 Å². The summed E-state index contributed by atoms with van der Waals surface area (Å²) in [5, 5.41) is 23.3. The third-order valence-electron chi connectivity index (χ3n) is 9.42. The van der Waals surface area contributed by atoms with Gasteiger partial charge in [-0.05, 0) is 100 Å². The van der Waals surface area contributed by atoms with Gasteiger partial charge in [0.2, 0.25) is 5.78 Å². The topological polar surface area (TPSA) is 109 Å². The number of ketones is 1. The average molecular weight is 582 g/mol. The summed E-state index contributed by atoms with van der Waals surface area (Å²) in [5.41, 5.74) is 1.65. The Morgan fingerprint density at radius 3 is 2.71 bits per heavy atom. The lowest BCUT2D eigenvalue weighted by Crippen LogP contribution is -2.54. The fourth-order valence-corrected chi connectivity index (χ4v) is 6.90. The highest BCUT2D eigenvalue weighted by molar-refractivity contribution is 6.08. The molecule has 1 amide bonds. The molecule has 1 saturated carbocycles. The molecule has 2 N–H and O–H groups in total. The van der Waals surface area contributed by atoms with Gasteiger partial charge in [-0.2, -0.15) is 0 Å². The molecule has 3 aliphatic carbocycles. The minimum absolute atomic E-state index is 0.136. The zero-order valence-corrected chi connectivity index (χ0v) is 25.6. The smallest absolute Gasteiger partial charge is 0.409 e. The number of aliphatic hydroxyl groups is 2. The molecular weight excluding hydrogens is 534 g/mol. The first-order chi connectivity index (χ1) is 20.1. The second-order valence-electron chi connectivity index (χ2n) is 12.2. The molecule has 5 rings (SSSR count). The molecule has 2 bridgehead atoms.